The molecule has 2 aromatic rings. The number of rotatable bonds is 5. The van der Waals surface area contributed by atoms with Gasteiger partial charge in [0.1, 0.15) is 0 Å². The Morgan fingerprint density at radius 2 is 2.18 bits per heavy atom. The Hall–Kier alpha value is -2.54. The third kappa shape index (κ3) is 4.65. The number of halogens is 1. The summed E-state index contributed by atoms with van der Waals surface area (Å²) in [6.45, 7) is 5.84. The molecule has 0 spiro atoms. The molecule has 1 aliphatic rings. The number of hydrogen-bond acceptors (Lipinski definition) is 3. The van der Waals surface area contributed by atoms with Gasteiger partial charge in [-0.2, -0.15) is 5.10 Å². The number of amides is 3. The molecule has 8 heteroatoms. The fourth-order valence-electron chi connectivity index (χ4n) is 3.15. The van der Waals surface area contributed by atoms with Gasteiger partial charge in [0.15, 0.2) is 5.69 Å². The SMILES string of the molecule is CC(C)CCN(C)C(=O)c1n[nH]c2c1CN(C(=O)Nc1cccc(Cl)c1)CC2. The third-order valence-electron chi connectivity index (χ3n) is 4.89. The Labute approximate surface area is 170 Å². The quantitative estimate of drug-likeness (QED) is 0.797. The molecule has 2 heterocycles. The van der Waals surface area contributed by atoms with Crippen molar-refractivity contribution in [2.24, 2.45) is 5.92 Å². The highest BCUT2D eigenvalue weighted by Crippen LogP contribution is 2.23. The first-order valence-corrected chi connectivity index (χ1v) is 9.86. The molecule has 3 amide bonds. The zero-order chi connectivity index (χ0) is 20.3. The van der Waals surface area contributed by atoms with Gasteiger partial charge in [0.2, 0.25) is 0 Å². The molecule has 1 aromatic heterocycles. The summed E-state index contributed by atoms with van der Waals surface area (Å²) < 4.78 is 0. The molecule has 0 atom stereocenters. The number of carbonyl (C=O) groups excluding carboxylic acids is 2. The van der Waals surface area contributed by atoms with E-state index >= 15 is 0 Å². The molecule has 1 aliphatic heterocycles. The number of aromatic nitrogens is 2. The minimum atomic E-state index is -0.222. The van der Waals surface area contributed by atoms with Gasteiger partial charge in [0.25, 0.3) is 5.91 Å². The molecule has 28 heavy (non-hydrogen) atoms. The van der Waals surface area contributed by atoms with E-state index in [1.807, 2.05) is 0 Å². The average molecular weight is 404 g/mol. The van der Waals surface area contributed by atoms with Crippen molar-refractivity contribution >= 4 is 29.2 Å². The van der Waals surface area contributed by atoms with Crippen molar-refractivity contribution in [2.75, 3.05) is 25.5 Å². The van der Waals surface area contributed by atoms with Crippen molar-refractivity contribution in [3.8, 4) is 0 Å². The number of nitrogens with zero attached hydrogens (tertiary/aromatic N) is 3. The van der Waals surface area contributed by atoms with Gasteiger partial charge < -0.3 is 15.1 Å². The van der Waals surface area contributed by atoms with Gasteiger partial charge in [-0.15, -0.1) is 0 Å². The number of benzene rings is 1. The van der Waals surface area contributed by atoms with Gasteiger partial charge in [-0.1, -0.05) is 31.5 Å². The number of anilines is 1. The number of H-pyrrole nitrogens is 1. The van der Waals surface area contributed by atoms with Gasteiger partial charge in [-0.3, -0.25) is 9.89 Å². The monoisotopic (exact) mass is 403 g/mol. The van der Waals surface area contributed by atoms with Crippen LogP contribution in [0.4, 0.5) is 10.5 Å². The minimum absolute atomic E-state index is 0.116. The highest BCUT2D eigenvalue weighted by Gasteiger charge is 2.29. The predicted molar refractivity (Wildman–Crippen MR) is 110 cm³/mol. The lowest BCUT2D eigenvalue weighted by molar-refractivity contribution is 0.0781. The van der Waals surface area contributed by atoms with Crippen LogP contribution in [0.15, 0.2) is 24.3 Å². The molecular formula is C20H26ClN5O2. The second kappa shape index (κ2) is 8.65. The Morgan fingerprint density at radius 3 is 2.89 bits per heavy atom. The average Bonchev–Trinajstić information content (AvgIpc) is 3.08. The topological polar surface area (TPSA) is 81.3 Å². The summed E-state index contributed by atoms with van der Waals surface area (Å²) in [7, 11) is 1.79. The van der Waals surface area contributed by atoms with E-state index in [4.69, 9.17) is 11.6 Å². The van der Waals surface area contributed by atoms with Crippen molar-refractivity contribution < 1.29 is 9.59 Å². The van der Waals surface area contributed by atoms with Crippen LogP contribution in [-0.2, 0) is 13.0 Å². The van der Waals surface area contributed by atoms with Crippen molar-refractivity contribution in [2.45, 2.75) is 33.2 Å². The van der Waals surface area contributed by atoms with Crippen molar-refractivity contribution in [1.29, 1.82) is 0 Å². The minimum Gasteiger partial charge on any atom is -0.340 e. The van der Waals surface area contributed by atoms with Gasteiger partial charge in [-0.25, -0.2) is 4.79 Å². The van der Waals surface area contributed by atoms with E-state index in [-0.39, 0.29) is 11.9 Å². The molecule has 7 nitrogen and oxygen atoms in total. The molecule has 0 fully saturated rings. The largest absolute Gasteiger partial charge is 0.340 e. The Kier molecular flexibility index (Phi) is 6.24. The summed E-state index contributed by atoms with van der Waals surface area (Å²) in [4.78, 5) is 28.8. The molecule has 0 saturated heterocycles. The summed E-state index contributed by atoms with van der Waals surface area (Å²) in [5, 5.41) is 10.6. The standard InChI is InChI=1S/C20H26ClN5O2/c1-13(2)7-9-25(3)19(27)18-16-12-26(10-8-17(16)23-24-18)20(28)22-15-6-4-5-14(21)11-15/h4-6,11,13H,7-10,12H2,1-3H3,(H,22,28)(H,23,24). The summed E-state index contributed by atoms with van der Waals surface area (Å²) in [5.41, 5.74) is 2.77. The van der Waals surface area contributed by atoms with Gasteiger partial charge in [0, 0.05) is 48.5 Å². The van der Waals surface area contributed by atoms with Crippen LogP contribution in [0.3, 0.4) is 0 Å². The summed E-state index contributed by atoms with van der Waals surface area (Å²) in [6, 6.07) is 6.80. The van der Waals surface area contributed by atoms with Crippen LogP contribution in [0.2, 0.25) is 5.02 Å². The molecule has 0 radical (unpaired) electrons. The fraction of sp³-hybridized carbons (Fsp3) is 0.450. The van der Waals surface area contributed by atoms with Crippen LogP contribution in [0, 0.1) is 5.92 Å². The lowest BCUT2D eigenvalue weighted by atomic mass is 10.0. The summed E-state index contributed by atoms with van der Waals surface area (Å²) >= 11 is 5.98. The second-order valence-corrected chi connectivity index (χ2v) is 7.99. The molecule has 3 rings (SSSR count). The lowest BCUT2D eigenvalue weighted by Crippen LogP contribution is -2.39. The molecule has 0 bridgehead atoms. The maximum Gasteiger partial charge on any atom is 0.322 e. The van der Waals surface area contributed by atoms with Gasteiger partial charge in [0.05, 0.1) is 6.54 Å². The zero-order valence-electron chi connectivity index (χ0n) is 16.5. The van der Waals surface area contributed by atoms with E-state index in [1.54, 1.807) is 41.1 Å². The van der Waals surface area contributed by atoms with E-state index in [2.05, 4.69) is 29.4 Å². The Balaban J connectivity index is 1.69. The summed E-state index contributed by atoms with van der Waals surface area (Å²) in [6.07, 6.45) is 1.57. The third-order valence-corrected chi connectivity index (χ3v) is 5.12. The van der Waals surface area contributed by atoms with Crippen molar-refractivity contribution in [3.63, 3.8) is 0 Å². The first kappa shape index (κ1) is 20.2. The first-order valence-electron chi connectivity index (χ1n) is 9.48. The second-order valence-electron chi connectivity index (χ2n) is 7.55. The van der Waals surface area contributed by atoms with Crippen LogP contribution in [0.25, 0.3) is 0 Å². The first-order chi connectivity index (χ1) is 13.3. The van der Waals surface area contributed by atoms with Crippen LogP contribution in [0.5, 0.6) is 0 Å². The number of urea groups is 1. The van der Waals surface area contributed by atoms with Crippen molar-refractivity contribution in [3.05, 3.63) is 46.2 Å². The number of fused-ring (bicyclic) bond motifs is 1. The molecule has 1 aromatic carbocycles. The predicted octanol–water partition coefficient (Wildman–Crippen LogP) is 3.77. The molecule has 0 aliphatic carbocycles. The summed E-state index contributed by atoms with van der Waals surface area (Å²) in [5.74, 6) is 0.407. The van der Waals surface area contributed by atoms with Crippen LogP contribution in [0.1, 0.15) is 42.0 Å². The Bertz CT molecular complexity index is 864. The highest BCUT2D eigenvalue weighted by molar-refractivity contribution is 6.30. The maximum atomic E-state index is 12.8. The van der Waals surface area contributed by atoms with Crippen LogP contribution in [-0.4, -0.2) is 52.1 Å². The number of carbonyl (C=O) groups is 2. The van der Waals surface area contributed by atoms with E-state index in [1.165, 1.54) is 0 Å². The molecule has 0 unspecified atom stereocenters. The number of hydrogen-bond donors (Lipinski definition) is 2. The lowest BCUT2D eigenvalue weighted by Gasteiger charge is -2.27. The van der Waals surface area contributed by atoms with Gasteiger partial charge >= 0.3 is 6.03 Å². The fourth-order valence-corrected chi connectivity index (χ4v) is 3.34. The van der Waals surface area contributed by atoms with Crippen LogP contribution >= 0.6 is 11.6 Å². The molecule has 0 saturated carbocycles. The Morgan fingerprint density at radius 1 is 1.39 bits per heavy atom. The molecule has 2 N–H and O–H groups in total. The highest BCUT2D eigenvalue weighted by atomic mass is 35.5. The maximum absolute atomic E-state index is 12.8. The van der Waals surface area contributed by atoms with Gasteiger partial charge in [-0.05, 0) is 30.5 Å². The zero-order valence-corrected chi connectivity index (χ0v) is 17.2. The van der Waals surface area contributed by atoms with E-state index in [0.717, 1.165) is 17.7 Å². The van der Waals surface area contributed by atoms with E-state index in [9.17, 15) is 9.59 Å². The molecule has 150 valence electrons. The smallest absolute Gasteiger partial charge is 0.322 e. The van der Waals surface area contributed by atoms with Crippen molar-refractivity contribution in [1.82, 2.24) is 20.0 Å². The normalized spacial score (nSPS) is 13.4. The number of nitrogens with one attached hydrogen (secondary N) is 2. The van der Waals surface area contributed by atoms with E-state index in [0.29, 0.717) is 48.4 Å². The van der Waals surface area contributed by atoms with Crippen LogP contribution < -0.4 is 5.32 Å². The number of aromatic amines is 1. The van der Waals surface area contributed by atoms with E-state index < -0.39 is 0 Å². The molecular weight excluding hydrogens is 378 g/mol.